The molecule has 0 saturated heterocycles. The van der Waals surface area contributed by atoms with Crippen LogP contribution in [-0.2, 0) is 0 Å². The average molecular weight is 280 g/mol. The van der Waals surface area contributed by atoms with Crippen molar-refractivity contribution in [2.24, 2.45) is 11.1 Å². The van der Waals surface area contributed by atoms with Crippen LogP contribution in [0, 0.1) is 5.41 Å². The van der Waals surface area contributed by atoms with E-state index in [1.807, 2.05) is 18.2 Å². The van der Waals surface area contributed by atoms with Gasteiger partial charge in [-0.3, -0.25) is 0 Å². The minimum absolute atomic E-state index is 0. The Morgan fingerprint density at radius 3 is 2.26 bits per heavy atom. The van der Waals surface area contributed by atoms with Crippen molar-refractivity contribution in [3.8, 4) is 5.75 Å². The maximum absolute atomic E-state index is 6.43. The Labute approximate surface area is 121 Å². The summed E-state index contributed by atoms with van der Waals surface area (Å²) in [4.78, 5) is 0. The van der Waals surface area contributed by atoms with Crippen molar-refractivity contribution < 1.29 is 4.74 Å². The van der Waals surface area contributed by atoms with Gasteiger partial charge in [-0.05, 0) is 22.3 Å². The molecule has 0 saturated carbocycles. The first-order valence-electron chi connectivity index (χ1n) is 6.26. The molecule has 0 aromatic heterocycles. The number of methoxy groups -OCH3 is 1. The van der Waals surface area contributed by atoms with Gasteiger partial charge in [0.15, 0.2) is 0 Å². The van der Waals surface area contributed by atoms with Gasteiger partial charge in [0.25, 0.3) is 0 Å². The molecule has 104 valence electrons. The molecule has 0 heterocycles. The molecule has 0 unspecified atom stereocenters. The first-order chi connectivity index (χ1) is 8.45. The third-order valence-electron chi connectivity index (χ3n) is 3.39. The topological polar surface area (TPSA) is 35.2 Å². The molecule has 2 rings (SSSR count). The standard InChI is InChI=1S/C16H21NO.ClH/c1-16(2,3)15(17)14-12-8-6-5-7-11(12)9-10-13(14)18-4;/h5-10,15H,17H2,1-4H3;1H/t15-;/m1./s1. The van der Waals surface area contributed by atoms with Crippen molar-refractivity contribution >= 4 is 23.2 Å². The molecule has 0 bridgehead atoms. The summed E-state index contributed by atoms with van der Waals surface area (Å²) >= 11 is 0. The highest BCUT2D eigenvalue weighted by Gasteiger charge is 2.26. The lowest BCUT2D eigenvalue weighted by Crippen LogP contribution is -2.27. The van der Waals surface area contributed by atoms with Crippen molar-refractivity contribution in [2.75, 3.05) is 7.11 Å². The minimum Gasteiger partial charge on any atom is -0.496 e. The van der Waals surface area contributed by atoms with E-state index in [-0.39, 0.29) is 23.9 Å². The molecule has 0 aliphatic heterocycles. The second kappa shape index (κ2) is 5.81. The van der Waals surface area contributed by atoms with Gasteiger partial charge < -0.3 is 10.5 Å². The third kappa shape index (κ3) is 3.02. The van der Waals surface area contributed by atoms with E-state index in [9.17, 15) is 0 Å². The number of ether oxygens (including phenoxy) is 1. The number of benzene rings is 2. The molecule has 19 heavy (non-hydrogen) atoms. The summed E-state index contributed by atoms with van der Waals surface area (Å²) in [7, 11) is 1.70. The zero-order valence-corrected chi connectivity index (χ0v) is 12.8. The van der Waals surface area contributed by atoms with Gasteiger partial charge in [-0.2, -0.15) is 0 Å². The van der Waals surface area contributed by atoms with E-state index in [1.165, 1.54) is 10.8 Å². The average Bonchev–Trinajstić information content (AvgIpc) is 2.35. The SMILES string of the molecule is COc1ccc2ccccc2c1[C@@H](N)C(C)(C)C.Cl. The lowest BCUT2D eigenvalue weighted by molar-refractivity contribution is 0.316. The smallest absolute Gasteiger partial charge is 0.124 e. The van der Waals surface area contributed by atoms with Crippen molar-refractivity contribution in [3.63, 3.8) is 0 Å². The predicted octanol–water partition coefficient (Wildman–Crippen LogP) is 4.32. The van der Waals surface area contributed by atoms with Crippen LogP contribution in [0.1, 0.15) is 32.4 Å². The lowest BCUT2D eigenvalue weighted by Gasteiger charge is -2.29. The van der Waals surface area contributed by atoms with E-state index in [4.69, 9.17) is 10.5 Å². The molecule has 0 spiro atoms. The summed E-state index contributed by atoms with van der Waals surface area (Å²) in [6, 6.07) is 12.3. The van der Waals surface area contributed by atoms with E-state index in [2.05, 4.69) is 39.0 Å². The van der Waals surface area contributed by atoms with Crippen LogP contribution >= 0.6 is 12.4 Å². The normalized spacial score (nSPS) is 12.9. The van der Waals surface area contributed by atoms with E-state index in [0.717, 1.165) is 11.3 Å². The molecule has 0 radical (unpaired) electrons. The molecule has 2 N–H and O–H groups in total. The van der Waals surface area contributed by atoms with Crippen LogP contribution in [-0.4, -0.2) is 7.11 Å². The fourth-order valence-corrected chi connectivity index (χ4v) is 2.21. The Balaban J connectivity index is 0.00000180. The Morgan fingerprint density at radius 1 is 1.05 bits per heavy atom. The van der Waals surface area contributed by atoms with Crippen LogP contribution in [0.2, 0.25) is 0 Å². The number of nitrogens with two attached hydrogens (primary N) is 1. The molecule has 0 fully saturated rings. The van der Waals surface area contributed by atoms with E-state index < -0.39 is 0 Å². The van der Waals surface area contributed by atoms with Crippen LogP contribution < -0.4 is 10.5 Å². The summed E-state index contributed by atoms with van der Waals surface area (Å²) in [5.74, 6) is 0.871. The first kappa shape index (κ1) is 15.8. The van der Waals surface area contributed by atoms with Crippen LogP contribution in [0.25, 0.3) is 10.8 Å². The van der Waals surface area contributed by atoms with Gasteiger partial charge in [-0.15, -0.1) is 12.4 Å². The van der Waals surface area contributed by atoms with Crippen molar-refractivity contribution in [1.82, 2.24) is 0 Å². The maximum Gasteiger partial charge on any atom is 0.124 e. The van der Waals surface area contributed by atoms with E-state index in [1.54, 1.807) is 7.11 Å². The molecule has 0 aliphatic rings. The van der Waals surface area contributed by atoms with Crippen LogP contribution in [0.5, 0.6) is 5.75 Å². The number of hydrogen-bond acceptors (Lipinski definition) is 2. The van der Waals surface area contributed by atoms with Gasteiger partial charge >= 0.3 is 0 Å². The van der Waals surface area contributed by atoms with Gasteiger partial charge in [-0.25, -0.2) is 0 Å². The summed E-state index contributed by atoms with van der Waals surface area (Å²) in [5.41, 5.74) is 7.53. The highest BCUT2D eigenvalue weighted by Crippen LogP contribution is 2.39. The molecular weight excluding hydrogens is 258 g/mol. The first-order valence-corrected chi connectivity index (χ1v) is 6.26. The predicted molar refractivity (Wildman–Crippen MR) is 84.1 cm³/mol. The quantitative estimate of drug-likeness (QED) is 0.889. The van der Waals surface area contributed by atoms with Gasteiger partial charge in [-0.1, -0.05) is 51.1 Å². The molecule has 2 aromatic rings. The molecule has 2 aromatic carbocycles. The van der Waals surface area contributed by atoms with Crippen LogP contribution in [0.3, 0.4) is 0 Å². The Morgan fingerprint density at radius 2 is 1.68 bits per heavy atom. The molecular formula is C16H22ClNO. The minimum atomic E-state index is -0.0569. The van der Waals surface area contributed by atoms with E-state index in [0.29, 0.717) is 0 Å². The maximum atomic E-state index is 6.43. The monoisotopic (exact) mass is 279 g/mol. The Bertz CT molecular complexity index is 560. The number of halogens is 1. The number of fused-ring (bicyclic) bond motifs is 1. The molecule has 1 atom stereocenters. The summed E-state index contributed by atoms with van der Waals surface area (Å²) < 4.78 is 5.49. The second-order valence-corrected chi connectivity index (χ2v) is 5.75. The Hall–Kier alpha value is -1.25. The molecule has 0 amide bonds. The zero-order chi connectivity index (χ0) is 13.3. The fraction of sp³-hybridized carbons (Fsp3) is 0.375. The van der Waals surface area contributed by atoms with Gasteiger partial charge in [0.1, 0.15) is 5.75 Å². The third-order valence-corrected chi connectivity index (χ3v) is 3.39. The summed E-state index contributed by atoms with van der Waals surface area (Å²) in [5, 5.41) is 2.38. The molecule has 2 nitrogen and oxygen atoms in total. The zero-order valence-electron chi connectivity index (χ0n) is 11.9. The molecule has 3 heteroatoms. The number of hydrogen-bond donors (Lipinski definition) is 1. The second-order valence-electron chi connectivity index (χ2n) is 5.75. The van der Waals surface area contributed by atoms with Crippen molar-refractivity contribution in [1.29, 1.82) is 0 Å². The summed E-state index contributed by atoms with van der Waals surface area (Å²) in [6.45, 7) is 6.46. The number of rotatable bonds is 2. The van der Waals surface area contributed by atoms with Gasteiger partial charge in [0.2, 0.25) is 0 Å². The van der Waals surface area contributed by atoms with Crippen LogP contribution in [0.4, 0.5) is 0 Å². The highest BCUT2D eigenvalue weighted by atomic mass is 35.5. The highest BCUT2D eigenvalue weighted by molar-refractivity contribution is 5.88. The van der Waals surface area contributed by atoms with Crippen molar-refractivity contribution in [3.05, 3.63) is 42.0 Å². The lowest BCUT2D eigenvalue weighted by atomic mass is 9.81. The van der Waals surface area contributed by atoms with Crippen LogP contribution in [0.15, 0.2) is 36.4 Å². The van der Waals surface area contributed by atoms with Crippen molar-refractivity contribution in [2.45, 2.75) is 26.8 Å². The molecule has 0 aliphatic carbocycles. The summed E-state index contributed by atoms with van der Waals surface area (Å²) in [6.07, 6.45) is 0. The van der Waals surface area contributed by atoms with Gasteiger partial charge in [0, 0.05) is 11.6 Å². The van der Waals surface area contributed by atoms with Gasteiger partial charge in [0.05, 0.1) is 7.11 Å². The fourth-order valence-electron chi connectivity index (χ4n) is 2.21. The largest absolute Gasteiger partial charge is 0.496 e. The van der Waals surface area contributed by atoms with E-state index >= 15 is 0 Å². The Kier molecular flexibility index (Phi) is 4.83.